The molecule has 0 atom stereocenters. The normalized spacial score (nSPS) is 11.0. The van der Waals surface area contributed by atoms with Gasteiger partial charge in [0, 0.05) is 18.6 Å². The van der Waals surface area contributed by atoms with Gasteiger partial charge in [-0.1, -0.05) is 18.3 Å². The van der Waals surface area contributed by atoms with Crippen molar-refractivity contribution < 1.29 is 9.66 Å². The van der Waals surface area contributed by atoms with Crippen LogP contribution in [0.25, 0.3) is 4.96 Å². The van der Waals surface area contributed by atoms with Gasteiger partial charge in [0.05, 0.1) is 4.92 Å². The lowest BCUT2D eigenvalue weighted by Gasteiger charge is -2.02. The second-order valence-corrected chi connectivity index (χ2v) is 5.64. The summed E-state index contributed by atoms with van der Waals surface area (Å²) < 4.78 is 7.33. The number of hydrogen-bond acceptors (Lipinski definition) is 7. The van der Waals surface area contributed by atoms with Gasteiger partial charge in [-0.15, -0.1) is 10.2 Å². The van der Waals surface area contributed by atoms with Crippen molar-refractivity contribution in [2.45, 2.75) is 26.4 Å². The molecule has 0 radical (unpaired) electrons. The standard InChI is InChI=1S/C13H13N5O3S/c1-2-3-11-14-15-13-17(11)16-12(22-13)8-21-10-6-4-9(5-7-10)18(19)20/h4-7H,2-3,8H2,1H3. The molecule has 0 spiro atoms. The number of nitro benzene ring substituents is 1. The molecule has 2 heterocycles. The van der Waals surface area contributed by atoms with Gasteiger partial charge in [0.2, 0.25) is 4.96 Å². The molecule has 114 valence electrons. The fourth-order valence-electron chi connectivity index (χ4n) is 1.94. The fourth-order valence-corrected chi connectivity index (χ4v) is 2.71. The fraction of sp³-hybridized carbons (Fsp3) is 0.308. The largest absolute Gasteiger partial charge is 0.486 e. The maximum Gasteiger partial charge on any atom is 0.269 e. The third-order valence-electron chi connectivity index (χ3n) is 2.98. The summed E-state index contributed by atoms with van der Waals surface area (Å²) in [7, 11) is 0. The maximum absolute atomic E-state index is 10.6. The van der Waals surface area contributed by atoms with Gasteiger partial charge < -0.3 is 4.74 Å². The number of nitrogens with zero attached hydrogens (tertiary/aromatic N) is 5. The SMILES string of the molecule is CCCc1nnc2sc(COc3ccc([N+](=O)[O-])cc3)nn12. The van der Waals surface area contributed by atoms with Gasteiger partial charge in [-0.3, -0.25) is 10.1 Å². The van der Waals surface area contributed by atoms with Gasteiger partial charge in [-0.25, -0.2) is 0 Å². The Kier molecular flexibility index (Phi) is 3.96. The van der Waals surface area contributed by atoms with Crippen LogP contribution in [0.2, 0.25) is 0 Å². The van der Waals surface area contributed by atoms with Crippen LogP contribution in [0.15, 0.2) is 24.3 Å². The van der Waals surface area contributed by atoms with Crippen molar-refractivity contribution in [3.05, 3.63) is 45.2 Å². The number of ether oxygens (including phenoxy) is 1. The Bertz CT molecular complexity index is 796. The molecule has 3 rings (SSSR count). The lowest BCUT2D eigenvalue weighted by molar-refractivity contribution is -0.384. The van der Waals surface area contributed by atoms with Gasteiger partial charge >= 0.3 is 0 Å². The predicted octanol–water partition coefficient (Wildman–Crippen LogP) is 2.63. The van der Waals surface area contributed by atoms with Crippen LogP contribution in [0.3, 0.4) is 0 Å². The van der Waals surface area contributed by atoms with Gasteiger partial charge in [0.15, 0.2) is 10.8 Å². The molecule has 0 aliphatic carbocycles. The molecular formula is C13H13N5O3S. The first-order valence-electron chi connectivity index (χ1n) is 6.74. The van der Waals surface area contributed by atoms with Gasteiger partial charge in [0.25, 0.3) is 5.69 Å². The van der Waals surface area contributed by atoms with Crippen molar-refractivity contribution in [3.63, 3.8) is 0 Å². The van der Waals surface area contributed by atoms with Crippen molar-refractivity contribution in [1.29, 1.82) is 0 Å². The van der Waals surface area contributed by atoms with E-state index in [1.807, 2.05) is 0 Å². The average molecular weight is 319 g/mol. The number of non-ortho nitro benzene ring substituents is 1. The summed E-state index contributed by atoms with van der Waals surface area (Å²) in [6, 6.07) is 5.96. The molecule has 2 aromatic heterocycles. The Labute approximate surface area is 129 Å². The maximum atomic E-state index is 10.6. The number of nitro groups is 1. The Balaban J connectivity index is 1.69. The van der Waals surface area contributed by atoms with Crippen LogP contribution in [0.1, 0.15) is 24.2 Å². The molecule has 22 heavy (non-hydrogen) atoms. The Morgan fingerprint density at radius 1 is 1.32 bits per heavy atom. The molecule has 0 N–H and O–H groups in total. The third-order valence-corrected chi connectivity index (χ3v) is 3.85. The molecule has 8 nitrogen and oxygen atoms in total. The Hall–Kier alpha value is -2.55. The van der Waals surface area contributed by atoms with Gasteiger partial charge in [0.1, 0.15) is 12.4 Å². The van der Waals surface area contributed by atoms with Crippen LogP contribution in [-0.2, 0) is 13.0 Å². The van der Waals surface area contributed by atoms with Crippen molar-refractivity contribution in [3.8, 4) is 5.75 Å². The van der Waals surface area contributed by atoms with Crippen LogP contribution in [0.4, 0.5) is 5.69 Å². The second kappa shape index (κ2) is 6.06. The van der Waals surface area contributed by atoms with Crippen LogP contribution < -0.4 is 4.74 Å². The minimum absolute atomic E-state index is 0.0374. The van der Waals surface area contributed by atoms with Crippen molar-refractivity contribution >= 4 is 22.0 Å². The molecular weight excluding hydrogens is 306 g/mol. The van der Waals surface area contributed by atoms with E-state index in [-0.39, 0.29) is 12.3 Å². The van der Waals surface area contributed by atoms with Gasteiger partial charge in [-0.2, -0.15) is 9.61 Å². The van der Waals surface area contributed by atoms with E-state index in [0.717, 1.165) is 28.6 Å². The Morgan fingerprint density at radius 3 is 2.77 bits per heavy atom. The average Bonchev–Trinajstić information content (AvgIpc) is 3.07. The Morgan fingerprint density at radius 2 is 2.09 bits per heavy atom. The van der Waals surface area contributed by atoms with E-state index in [1.165, 1.54) is 23.5 Å². The van der Waals surface area contributed by atoms with Crippen LogP contribution in [0.5, 0.6) is 5.75 Å². The van der Waals surface area contributed by atoms with Crippen molar-refractivity contribution in [1.82, 2.24) is 19.8 Å². The molecule has 0 saturated carbocycles. The molecule has 9 heteroatoms. The van der Waals surface area contributed by atoms with Gasteiger partial charge in [-0.05, 0) is 18.6 Å². The molecule has 0 fully saturated rings. The van der Waals surface area contributed by atoms with Crippen LogP contribution in [-0.4, -0.2) is 24.7 Å². The van der Waals surface area contributed by atoms with Crippen LogP contribution in [0, 0.1) is 10.1 Å². The summed E-state index contributed by atoms with van der Waals surface area (Å²) in [6.07, 6.45) is 1.81. The first kappa shape index (κ1) is 14.4. The zero-order valence-corrected chi connectivity index (χ0v) is 12.6. The molecule has 0 bridgehead atoms. The highest BCUT2D eigenvalue weighted by Gasteiger charge is 2.11. The highest BCUT2D eigenvalue weighted by atomic mass is 32.1. The van der Waals surface area contributed by atoms with E-state index in [0.29, 0.717) is 5.75 Å². The monoisotopic (exact) mass is 319 g/mol. The number of benzene rings is 1. The molecule has 0 amide bonds. The first-order valence-corrected chi connectivity index (χ1v) is 7.56. The number of aromatic nitrogens is 4. The van der Waals surface area contributed by atoms with Crippen LogP contribution >= 0.6 is 11.3 Å². The molecule has 3 aromatic rings. The number of rotatable bonds is 6. The molecule has 0 saturated heterocycles. The number of hydrogen-bond donors (Lipinski definition) is 0. The lowest BCUT2D eigenvalue weighted by Crippen LogP contribution is -1.99. The zero-order valence-electron chi connectivity index (χ0n) is 11.8. The summed E-state index contributed by atoms with van der Waals surface area (Å²) in [5, 5.41) is 24.0. The molecule has 0 unspecified atom stereocenters. The lowest BCUT2D eigenvalue weighted by atomic mass is 10.3. The summed E-state index contributed by atoms with van der Waals surface area (Å²) >= 11 is 1.42. The first-order chi connectivity index (χ1) is 10.7. The highest BCUT2D eigenvalue weighted by molar-refractivity contribution is 7.16. The van der Waals surface area contributed by atoms with Crippen molar-refractivity contribution in [2.24, 2.45) is 0 Å². The number of aryl methyl sites for hydroxylation is 1. The molecule has 0 aliphatic rings. The number of fused-ring (bicyclic) bond motifs is 1. The van der Waals surface area contributed by atoms with E-state index >= 15 is 0 Å². The molecule has 1 aromatic carbocycles. The zero-order chi connectivity index (χ0) is 15.5. The topological polar surface area (TPSA) is 95.5 Å². The molecule has 0 aliphatic heterocycles. The van der Waals surface area contributed by atoms with E-state index in [1.54, 1.807) is 16.6 Å². The summed E-state index contributed by atoms with van der Waals surface area (Å²) in [4.78, 5) is 10.9. The van der Waals surface area contributed by atoms with E-state index < -0.39 is 4.92 Å². The minimum atomic E-state index is -0.443. The predicted molar refractivity (Wildman–Crippen MR) is 80.1 cm³/mol. The minimum Gasteiger partial charge on any atom is -0.486 e. The quantitative estimate of drug-likeness (QED) is 0.512. The van der Waals surface area contributed by atoms with Crippen molar-refractivity contribution in [2.75, 3.05) is 0 Å². The highest BCUT2D eigenvalue weighted by Crippen LogP contribution is 2.20. The van der Waals surface area contributed by atoms with E-state index in [4.69, 9.17) is 4.74 Å². The summed E-state index contributed by atoms with van der Waals surface area (Å²) in [6.45, 7) is 2.36. The van der Waals surface area contributed by atoms with E-state index in [2.05, 4.69) is 22.2 Å². The second-order valence-electron chi connectivity index (χ2n) is 4.60. The summed E-state index contributed by atoms with van der Waals surface area (Å²) in [5.41, 5.74) is 0.0374. The smallest absolute Gasteiger partial charge is 0.269 e. The summed E-state index contributed by atoms with van der Waals surface area (Å²) in [5.74, 6) is 1.40. The third kappa shape index (κ3) is 2.89. The van der Waals surface area contributed by atoms with E-state index in [9.17, 15) is 10.1 Å².